The van der Waals surface area contributed by atoms with Gasteiger partial charge in [0.25, 0.3) is 5.91 Å². The first-order valence-electron chi connectivity index (χ1n) is 12.6. The highest BCUT2D eigenvalue weighted by molar-refractivity contribution is 6.03. The van der Waals surface area contributed by atoms with Gasteiger partial charge in [-0.25, -0.2) is 5.01 Å². The molecule has 0 aromatic heterocycles. The van der Waals surface area contributed by atoms with Crippen molar-refractivity contribution in [3.8, 4) is 17.2 Å². The summed E-state index contributed by atoms with van der Waals surface area (Å²) in [6, 6.07) is 12.9. The molecular formula is C28H35N3O6. The Morgan fingerprint density at radius 3 is 2.54 bits per heavy atom. The standard InChI is InChI=1S/C28H35N3O6/c1-5-37-28(33)20-9-7-13-30(17-20)18-27(32)31-25(23-12-11-22(35-3)15-26(23)36-4)16-24(29-31)19-8-6-10-21(14-19)34-2/h6,8,10-12,14-15,20,25H,5,7,9,13,16-18H2,1-4H3. The molecule has 1 amide bonds. The van der Waals surface area contributed by atoms with Crippen LogP contribution in [0, 0.1) is 5.92 Å². The number of likely N-dealkylation sites (tertiary alicyclic amines) is 1. The van der Waals surface area contributed by atoms with E-state index in [4.69, 9.17) is 24.0 Å². The Balaban J connectivity index is 1.61. The molecule has 2 aromatic rings. The van der Waals surface area contributed by atoms with Gasteiger partial charge in [-0.05, 0) is 50.6 Å². The molecular weight excluding hydrogens is 474 g/mol. The lowest BCUT2D eigenvalue weighted by molar-refractivity contribution is -0.150. The fraction of sp³-hybridized carbons (Fsp3) is 0.464. The van der Waals surface area contributed by atoms with Crippen molar-refractivity contribution in [2.24, 2.45) is 11.0 Å². The molecule has 2 heterocycles. The number of hydrogen-bond donors (Lipinski definition) is 0. The zero-order valence-corrected chi connectivity index (χ0v) is 21.9. The quantitative estimate of drug-likeness (QED) is 0.477. The third kappa shape index (κ3) is 6.05. The highest BCUT2D eigenvalue weighted by Crippen LogP contribution is 2.39. The van der Waals surface area contributed by atoms with Crippen LogP contribution in [0.5, 0.6) is 17.2 Å². The first-order valence-corrected chi connectivity index (χ1v) is 12.6. The van der Waals surface area contributed by atoms with E-state index in [2.05, 4.69) is 0 Å². The molecule has 0 saturated carbocycles. The van der Waals surface area contributed by atoms with E-state index in [-0.39, 0.29) is 30.4 Å². The van der Waals surface area contributed by atoms with Crippen LogP contribution in [0.15, 0.2) is 47.6 Å². The van der Waals surface area contributed by atoms with Gasteiger partial charge < -0.3 is 18.9 Å². The van der Waals surface area contributed by atoms with Crippen molar-refractivity contribution in [3.05, 3.63) is 53.6 Å². The molecule has 2 atom stereocenters. The highest BCUT2D eigenvalue weighted by Gasteiger charge is 2.36. The third-order valence-corrected chi connectivity index (χ3v) is 6.85. The van der Waals surface area contributed by atoms with Gasteiger partial charge in [-0.3, -0.25) is 14.5 Å². The van der Waals surface area contributed by atoms with Gasteiger partial charge in [-0.1, -0.05) is 12.1 Å². The minimum Gasteiger partial charge on any atom is -0.497 e. The van der Waals surface area contributed by atoms with E-state index in [0.717, 1.165) is 42.0 Å². The number of amides is 1. The number of nitrogens with zero attached hydrogens (tertiary/aromatic N) is 3. The lowest BCUT2D eigenvalue weighted by atomic mass is 9.97. The second kappa shape index (κ2) is 12.1. The van der Waals surface area contributed by atoms with Crippen LogP contribution >= 0.6 is 0 Å². The number of benzene rings is 2. The minimum absolute atomic E-state index is 0.134. The molecule has 2 unspecified atom stereocenters. The average Bonchev–Trinajstić information content (AvgIpc) is 3.38. The molecule has 2 aliphatic rings. The summed E-state index contributed by atoms with van der Waals surface area (Å²) in [5.41, 5.74) is 2.53. The van der Waals surface area contributed by atoms with Crippen LogP contribution in [0.3, 0.4) is 0 Å². The Labute approximate surface area is 217 Å². The summed E-state index contributed by atoms with van der Waals surface area (Å²) in [4.78, 5) is 28.0. The summed E-state index contributed by atoms with van der Waals surface area (Å²) < 4.78 is 21.6. The average molecular weight is 510 g/mol. The van der Waals surface area contributed by atoms with Crippen LogP contribution < -0.4 is 14.2 Å². The zero-order valence-electron chi connectivity index (χ0n) is 21.9. The summed E-state index contributed by atoms with van der Waals surface area (Å²) in [6.07, 6.45) is 2.13. The monoisotopic (exact) mass is 509 g/mol. The molecule has 9 nitrogen and oxygen atoms in total. The number of hydrazone groups is 1. The number of esters is 1. The van der Waals surface area contributed by atoms with E-state index < -0.39 is 0 Å². The first-order chi connectivity index (χ1) is 18.0. The maximum atomic E-state index is 13.7. The lowest BCUT2D eigenvalue weighted by Gasteiger charge is -2.32. The minimum atomic E-state index is -0.347. The van der Waals surface area contributed by atoms with Crippen LogP contribution in [-0.4, -0.2) is 75.1 Å². The van der Waals surface area contributed by atoms with Crippen molar-refractivity contribution in [3.63, 3.8) is 0 Å². The predicted octanol–water partition coefficient (Wildman–Crippen LogP) is 3.67. The number of rotatable bonds is 9. The molecule has 0 aliphatic carbocycles. The van der Waals surface area contributed by atoms with Crippen LogP contribution in [0.1, 0.15) is 43.4 Å². The summed E-state index contributed by atoms with van der Waals surface area (Å²) in [5.74, 6) is 1.48. The fourth-order valence-electron chi connectivity index (χ4n) is 4.97. The van der Waals surface area contributed by atoms with Gasteiger partial charge in [0.1, 0.15) is 17.2 Å². The lowest BCUT2D eigenvalue weighted by Crippen LogP contribution is -2.44. The van der Waals surface area contributed by atoms with Gasteiger partial charge in [0, 0.05) is 30.2 Å². The number of hydrogen-bond acceptors (Lipinski definition) is 8. The van der Waals surface area contributed by atoms with Crippen molar-refractivity contribution >= 4 is 17.6 Å². The van der Waals surface area contributed by atoms with E-state index in [9.17, 15) is 9.59 Å². The normalized spacial score (nSPS) is 19.8. The van der Waals surface area contributed by atoms with Crippen LogP contribution in [-0.2, 0) is 14.3 Å². The molecule has 1 saturated heterocycles. The van der Waals surface area contributed by atoms with Crippen LogP contribution in [0.4, 0.5) is 0 Å². The summed E-state index contributed by atoms with van der Waals surface area (Å²) in [7, 11) is 4.83. The second-order valence-corrected chi connectivity index (χ2v) is 9.17. The fourth-order valence-corrected chi connectivity index (χ4v) is 4.97. The summed E-state index contributed by atoms with van der Waals surface area (Å²) in [5, 5.41) is 6.36. The molecule has 0 spiro atoms. The molecule has 2 aliphatic heterocycles. The highest BCUT2D eigenvalue weighted by atomic mass is 16.5. The number of piperidine rings is 1. The van der Waals surface area contributed by atoms with E-state index in [1.165, 1.54) is 0 Å². The van der Waals surface area contributed by atoms with Crippen molar-refractivity contribution < 1.29 is 28.5 Å². The molecule has 0 bridgehead atoms. The van der Waals surface area contributed by atoms with Gasteiger partial charge in [-0.15, -0.1) is 0 Å². The van der Waals surface area contributed by atoms with E-state index in [0.29, 0.717) is 31.1 Å². The smallest absolute Gasteiger partial charge is 0.310 e. The summed E-state index contributed by atoms with van der Waals surface area (Å²) in [6.45, 7) is 3.58. The molecule has 2 aromatic carbocycles. The molecule has 37 heavy (non-hydrogen) atoms. The maximum Gasteiger partial charge on any atom is 0.310 e. The Hall–Kier alpha value is -3.59. The van der Waals surface area contributed by atoms with Crippen molar-refractivity contribution in [2.45, 2.75) is 32.2 Å². The van der Waals surface area contributed by atoms with E-state index >= 15 is 0 Å². The molecule has 0 N–H and O–H groups in total. The Morgan fingerprint density at radius 1 is 1.03 bits per heavy atom. The maximum absolute atomic E-state index is 13.7. The number of carbonyl (C=O) groups is 2. The van der Waals surface area contributed by atoms with Gasteiger partial charge in [0.05, 0.1) is 52.2 Å². The van der Waals surface area contributed by atoms with E-state index in [1.54, 1.807) is 33.3 Å². The van der Waals surface area contributed by atoms with Gasteiger partial charge in [0.15, 0.2) is 0 Å². The summed E-state index contributed by atoms with van der Waals surface area (Å²) >= 11 is 0. The SMILES string of the molecule is CCOC(=O)C1CCCN(CC(=O)N2N=C(c3cccc(OC)c3)CC2c2ccc(OC)cc2OC)C1. The van der Waals surface area contributed by atoms with Crippen molar-refractivity contribution in [2.75, 3.05) is 47.6 Å². The predicted molar refractivity (Wildman–Crippen MR) is 139 cm³/mol. The third-order valence-electron chi connectivity index (χ3n) is 6.85. The molecule has 198 valence electrons. The first kappa shape index (κ1) is 26.5. The molecule has 0 radical (unpaired) electrons. The van der Waals surface area contributed by atoms with Crippen molar-refractivity contribution in [1.29, 1.82) is 0 Å². The number of methoxy groups -OCH3 is 3. The number of ether oxygens (including phenoxy) is 4. The number of carbonyl (C=O) groups excluding carboxylic acids is 2. The van der Waals surface area contributed by atoms with Gasteiger partial charge >= 0.3 is 5.97 Å². The molecule has 4 rings (SSSR count). The Kier molecular flexibility index (Phi) is 8.66. The second-order valence-electron chi connectivity index (χ2n) is 9.17. The Morgan fingerprint density at radius 2 is 1.81 bits per heavy atom. The molecule has 9 heteroatoms. The van der Waals surface area contributed by atoms with Crippen LogP contribution in [0.2, 0.25) is 0 Å². The zero-order chi connectivity index (χ0) is 26.4. The van der Waals surface area contributed by atoms with E-state index in [1.807, 2.05) is 47.4 Å². The molecule has 1 fully saturated rings. The van der Waals surface area contributed by atoms with Crippen molar-refractivity contribution in [1.82, 2.24) is 9.91 Å². The Bertz CT molecular complexity index is 1150. The van der Waals surface area contributed by atoms with Crippen LogP contribution in [0.25, 0.3) is 0 Å². The van der Waals surface area contributed by atoms with Gasteiger partial charge in [0.2, 0.25) is 0 Å². The topological polar surface area (TPSA) is 89.9 Å². The largest absolute Gasteiger partial charge is 0.497 e. The van der Waals surface area contributed by atoms with Gasteiger partial charge in [-0.2, -0.15) is 5.10 Å².